The fourth-order valence-corrected chi connectivity index (χ4v) is 27.8. The first kappa shape index (κ1) is 32.4. The summed E-state index contributed by atoms with van der Waals surface area (Å²) >= 11 is 0. The standard InChI is InChI=1S/C19H52BN3O8Si6/c1-32(2,20)27-37(29-34(5,6)25,19-23-14-16-26-17-15-23)31-35(7,8)30-36(9,28-33(3,4)24)18-10-12-22-13-11-21/h22,24-25H,10-19,21H2,1-9H3/i24D,25D. The van der Waals surface area contributed by atoms with Gasteiger partial charge in [0.25, 0.3) is 0 Å². The van der Waals surface area contributed by atoms with Gasteiger partial charge >= 0.3 is 43.0 Å². The smallest absolute Gasteiger partial charge is 0.424 e. The van der Waals surface area contributed by atoms with E-state index in [1.807, 2.05) is 45.8 Å². The van der Waals surface area contributed by atoms with Crippen LogP contribution in [-0.4, -0.2) is 128 Å². The molecule has 1 aliphatic heterocycles. The van der Waals surface area contributed by atoms with Crippen molar-refractivity contribution in [2.24, 2.45) is 5.73 Å². The summed E-state index contributed by atoms with van der Waals surface area (Å²) in [6.07, 6.45) is 1.20. The molecule has 2 unspecified atom stereocenters. The average Bonchev–Trinajstić information content (AvgIpc) is 2.76. The highest BCUT2D eigenvalue weighted by atomic mass is 28.5. The lowest BCUT2D eigenvalue weighted by atomic mass is 10.5. The van der Waals surface area contributed by atoms with Gasteiger partial charge in [0.1, 0.15) is 8.19 Å². The molecule has 218 valence electrons. The Labute approximate surface area is 235 Å². The van der Waals surface area contributed by atoms with E-state index in [0.29, 0.717) is 45.1 Å². The zero-order valence-corrected chi connectivity index (χ0v) is 30.4. The minimum Gasteiger partial charge on any atom is -0.424 e. The van der Waals surface area contributed by atoms with Gasteiger partial charge in [-0.25, -0.2) is 0 Å². The van der Waals surface area contributed by atoms with Crippen molar-refractivity contribution < 1.29 is 34.9 Å². The van der Waals surface area contributed by atoms with E-state index in [9.17, 15) is 0 Å². The van der Waals surface area contributed by atoms with Crippen LogP contribution in [0.4, 0.5) is 0 Å². The predicted molar refractivity (Wildman–Crippen MR) is 162 cm³/mol. The van der Waals surface area contributed by atoms with Gasteiger partial charge in [0.2, 0.25) is 0 Å². The van der Waals surface area contributed by atoms with Crippen LogP contribution in [0.15, 0.2) is 0 Å². The molecule has 5 N–H and O–H groups in total. The fourth-order valence-electron chi connectivity index (χ4n) is 4.29. The Balaban J connectivity index is 3.35. The molecule has 0 spiro atoms. The van der Waals surface area contributed by atoms with Crippen LogP contribution in [-0.2, 0) is 25.3 Å². The number of morpholine rings is 1. The number of rotatable bonds is 20. The SMILES string of the molecule is [2H]O[Si](C)(C)O[Si](C)(CCCNCCN)O[Si](C)(C)O[Si](CN1CCOCC1)(O[Si]([B])(C)C)O[Si](C)(C)O[2H]. The maximum absolute atomic E-state index is 7.68. The third-order valence-electron chi connectivity index (χ3n) is 4.97. The molecule has 1 rings (SSSR count). The van der Waals surface area contributed by atoms with Crippen molar-refractivity contribution in [1.29, 1.82) is 2.86 Å². The third kappa shape index (κ3) is 16.7. The summed E-state index contributed by atoms with van der Waals surface area (Å²) in [6, 6.07) is 0.678. The number of nitrogens with one attached hydrogen (secondary N) is 1. The second-order valence-corrected chi connectivity index (χ2v) is 31.8. The van der Waals surface area contributed by atoms with Crippen LogP contribution in [0.3, 0.4) is 0 Å². The van der Waals surface area contributed by atoms with Crippen LogP contribution in [0.5, 0.6) is 0 Å². The van der Waals surface area contributed by atoms with E-state index in [1.165, 1.54) is 0 Å². The van der Waals surface area contributed by atoms with E-state index in [4.69, 9.17) is 50.9 Å². The minimum absolute atomic E-state index is 0.391. The van der Waals surface area contributed by atoms with Gasteiger partial charge in [0, 0.05) is 26.2 Å². The summed E-state index contributed by atoms with van der Waals surface area (Å²) in [4.78, 5) is 12.3. The minimum atomic E-state index is -3.58. The first-order chi connectivity index (χ1) is 17.8. The van der Waals surface area contributed by atoms with Crippen LogP contribution < -0.4 is 11.1 Å². The van der Waals surface area contributed by atoms with Crippen molar-refractivity contribution in [2.75, 3.05) is 52.1 Å². The lowest BCUT2D eigenvalue weighted by molar-refractivity contribution is 0.0374. The highest BCUT2D eigenvalue weighted by molar-refractivity contribution is 7.14. The molecule has 11 nitrogen and oxygen atoms in total. The highest BCUT2D eigenvalue weighted by Gasteiger charge is 2.55. The Morgan fingerprint density at radius 2 is 1.49 bits per heavy atom. The third-order valence-corrected chi connectivity index (χ3v) is 24.2. The fraction of sp³-hybridized carbons (Fsp3) is 1.00. The zero-order valence-electron chi connectivity index (χ0n) is 26.4. The van der Waals surface area contributed by atoms with Crippen molar-refractivity contribution >= 4 is 58.7 Å². The van der Waals surface area contributed by atoms with E-state index >= 15 is 0 Å². The molecule has 0 aromatic heterocycles. The van der Waals surface area contributed by atoms with Crippen LogP contribution in [0.2, 0.25) is 65.0 Å². The van der Waals surface area contributed by atoms with Gasteiger partial charge < -0.3 is 46.0 Å². The molecule has 1 fully saturated rings. The molecule has 0 bridgehead atoms. The maximum atomic E-state index is 7.68. The predicted octanol–water partition coefficient (Wildman–Crippen LogP) is 0.850. The summed E-state index contributed by atoms with van der Waals surface area (Å²) < 4.78 is 54.3. The molecule has 0 aliphatic carbocycles. The van der Waals surface area contributed by atoms with Crippen molar-refractivity contribution in [2.45, 2.75) is 71.4 Å². The van der Waals surface area contributed by atoms with Gasteiger partial charge in [-0.3, -0.25) is 4.90 Å². The number of nitrogens with zero attached hydrogens (tertiary/aromatic N) is 1. The molecule has 0 aromatic carbocycles. The number of ether oxygens (including phenoxy) is 1. The topological polar surface area (TPSA) is 137 Å². The molecule has 37 heavy (non-hydrogen) atoms. The molecule has 2 atom stereocenters. The molecule has 0 aromatic rings. The van der Waals surface area contributed by atoms with Crippen molar-refractivity contribution in [3.63, 3.8) is 0 Å². The summed E-state index contributed by atoms with van der Waals surface area (Å²) in [5, 5.41) is 3.31. The van der Waals surface area contributed by atoms with Crippen LogP contribution in [0, 0.1) is 0 Å². The number of hydrogen-bond donors (Lipinski definition) is 4. The Hall–Kier alpha value is 0.926. The van der Waals surface area contributed by atoms with Gasteiger partial charge in [-0.2, -0.15) is 0 Å². The first-order valence-corrected chi connectivity index (χ1v) is 29.0. The van der Waals surface area contributed by atoms with Crippen molar-refractivity contribution in [3.05, 3.63) is 0 Å². The summed E-state index contributed by atoms with van der Waals surface area (Å²) in [6.45, 7) is 21.7. The normalized spacial score (nSPS) is 20.7. The zero-order chi connectivity index (χ0) is 30.0. The van der Waals surface area contributed by atoms with E-state index in [1.54, 1.807) is 13.1 Å². The molecular weight excluding hydrogens is 578 g/mol. The van der Waals surface area contributed by atoms with Crippen LogP contribution >= 0.6 is 0 Å². The molecule has 2 radical (unpaired) electrons. The first-order valence-electron chi connectivity index (χ1n) is 13.9. The molecule has 1 saturated heterocycles. The summed E-state index contributed by atoms with van der Waals surface area (Å²) in [5.74, 6) is 0. The number of hydrogen-bond acceptors (Lipinski definition) is 11. The Morgan fingerprint density at radius 1 is 0.892 bits per heavy atom. The average molecular weight is 632 g/mol. The van der Waals surface area contributed by atoms with Gasteiger partial charge in [0.15, 0.2) is 2.86 Å². The van der Waals surface area contributed by atoms with E-state index in [0.717, 1.165) is 19.5 Å². The lowest BCUT2D eigenvalue weighted by Gasteiger charge is -2.46. The second kappa shape index (κ2) is 14.7. The Morgan fingerprint density at radius 3 is 2.03 bits per heavy atom. The molecule has 18 heteroatoms. The Bertz CT molecular complexity index is 731. The molecule has 0 saturated carbocycles. The quantitative estimate of drug-likeness (QED) is 0.112. The summed E-state index contributed by atoms with van der Waals surface area (Å²) in [7, 11) is -11.4. The number of nitrogens with two attached hydrogens (primary N) is 1. The van der Waals surface area contributed by atoms with Crippen LogP contribution in [0.1, 0.15) is 6.42 Å². The van der Waals surface area contributed by atoms with E-state index in [2.05, 4.69) is 10.2 Å². The van der Waals surface area contributed by atoms with Crippen LogP contribution in [0.25, 0.3) is 0 Å². The maximum Gasteiger partial charge on any atom is 0.487 e. The summed E-state index contributed by atoms with van der Waals surface area (Å²) in [5.41, 5.74) is 5.60. The van der Waals surface area contributed by atoms with Gasteiger partial charge in [0.05, 0.1) is 26.8 Å². The van der Waals surface area contributed by atoms with E-state index < -0.39 is 51.2 Å². The van der Waals surface area contributed by atoms with Gasteiger partial charge in [-0.15, -0.1) is 0 Å². The molecule has 1 aliphatic rings. The second-order valence-electron chi connectivity index (χ2n) is 11.7. The monoisotopic (exact) mass is 631 g/mol. The van der Waals surface area contributed by atoms with Gasteiger partial charge in [-0.05, 0) is 64.8 Å². The molecule has 1 heterocycles. The van der Waals surface area contributed by atoms with Gasteiger partial charge in [-0.1, -0.05) is 13.1 Å². The highest BCUT2D eigenvalue weighted by Crippen LogP contribution is 2.30. The molecule has 0 amide bonds. The van der Waals surface area contributed by atoms with E-state index in [-0.39, 0.29) is 0 Å². The largest absolute Gasteiger partial charge is 0.487 e. The lowest BCUT2D eigenvalue weighted by Crippen LogP contribution is -2.69. The van der Waals surface area contributed by atoms with Crippen molar-refractivity contribution in [3.8, 4) is 0 Å². The van der Waals surface area contributed by atoms with Crippen molar-refractivity contribution in [1.82, 2.24) is 10.2 Å². The molecular formula is C19H52BN3O8Si6. The Kier molecular flexibility index (Phi) is 12.9.